The quantitative estimate of drug-likeness (QED) is 0.787. The third-order valence-electron chi connectivity index (χ3n) is 4.88. The molecule has 2 aromatic carbocycles. The van der Waals surface area contributed by atoms with E-state index in [1.165, 1.54) is 24.8 Å². The largest absolute Gasteiger partial charge is 0.273 e. The van der Waals surface area contributed by atoms with Crippen LogP contribution in [0.1, 0.15) is 59.5 Å². The van der Waals surface area contributed by atoms with Crippen molar-refractivity contribution in [3.63, 3.8) is 0 Å². The molecule has 5 nitrogen and oxygen atoms in total. The molecule has 0 heterocycles. The number of nitrogens with one attached hydrogen (secondary N) is 2. The van der Waals surface area contributed by atoms with Gasteiger partial charge in [-0.25, -0.2) is 8.42 Å². The number of aryl methyl sites for hydroxylation is 1. The number of amides is 1. The summed E-state index contributed by atoms with van der Waals surface area (Å²) in [6.45, 7) is 1.92. The molecule has 26 heavy (non-hydrogen) atoms. The van der Waals surface area contributed by atoms with Crippen molar-refractivity contribution in [3.05, 3.63) is 65.2 Å². The van der Waals surface area contributed by atoms with E-state index in [4.69, 9.17) is 0 Å². The summed E-state index contributed by atoms with van der Waals surface area (Å²) in [6.07, 6.45) is 6.08. The van der Waals surface area contributed by atoms with Crippen molar-refractivity contribution < 1.29 is 13.2 Å². The molecule has 1 saturated carbocycles. The number of rotatable bonds is 5. The van der Waals surface area contributed by atoms with Crippen LogP contribution in [-0.2, 0) is 10.0 Å². The topological polar surface area (TPSA) is 75.3 Å². The predicted molar refractivity (Wildman–Crippen MR) is 101 cm³/mol. The van der Waals surface area contributed by atoms with Gasteiger partial charge in [0.2, 0.25) is 0 Å². The highest BCUT2D eigenvalue weighted by Crippen LogP contribution is 2.32. The Morgan fingerprint density at radius 1 is 0.923 bits per heavy atom. The number of hydrogen-bond donors (Lipinski definition) is 2. The second-order valence-corrected chi connectivity index (χ2v) is 8.51. The van der Waals surface area contributed by atoms with Crippen LogP contribution in [0.3, 0.4) is 0 Å². The molecule has 1 aliphatic rings. The lowest BCUT2D eigenvalue weighted by atomic mass is 9.84. The number of hydrogen-bond acceptors (Lipinski definition) is 3. The van der Waals surface area contributed by atoms with Crippen LogP contribution in [0.2, 0.25) is 0 Å². The predicted octanol–water partition coefficient (Wildman–Crippen LogP) is 3.67. The molecule has 2 aromatic rings. The van der Waals surface area contributed by atoms with Gasteiger partial charge in [0.25, 0.3) is 15.9 Å². The summed E-state index contributed by atoms with van der Waals surface area (Å²) in [5, 5.41) is 0. The van der Waals surface area contributed by atoms with Crippen LogP contribution in [0.25, 0.3) is 0 Å². The first kappa shape index (κ1) is 18.6. The number of carbonyl (C=O) groups is 1. The Bertz CT molecular complexity index is 853. The van der Waals surface area contributed by atoms with Crippen LogP contribution in [-0.4, -0.2) is 14.3 Å². The smallest absolute Gasteiger partial charge is 0.266 e. The van der Waals surface area contributed by atoms with Crippen molar-refractivity contribution in [3.8, 4) is 0 Å². The van der Waals surface area contributed by atoms with Gasteiger partial charge in [-0.2, -0.15) is 0 Å². The van der Waals surface area contributed by atoms with Crippen molar-refractivity contribution in [2.45, 2.75) is 49.8 Å². The molecule has 0 spiro atoms. The third kappa shape index (κ3) is 4.51. The highest BCUT2D eigenvalue weighted by molar-refractivity contribution is 7.89. The second-order valence-electron chi connectivity index (χ2n) is 6.83. The Morgan fingerprint density at radius 2 is 1.54 bits per heavy atom. The summed E-state index contributed by atoms with van der Waals surface area (Å²) in [7, 11) is -3.80. The zero-order valence-corrected chi connectivity index (χ0v) is 15.7. The number of carbonyl (C=O) groups excluding carboxylic acids is 1. The summed E-state index contributed by atoms with van der Waals surface area (Å²) < 4.78 is 24.8. The molecule has 0 aromatic heterocycles. The van der Waals surface area contributed by atoms with Gasteiger partial charge in [0.15, 0.2) is 0 Å². The minimum atomic E-state index is -3.80. The molecule has 3 rings (SSSR count). The lowest BCUT2D eigenvalue weighted by Gasteiger charge is -2.22. The maximum Gasteiger partial charge on any atom is 0.266 e. The fourth-order valence-electron chi connectivity index (χ4n) is 3.30. The summed E-state index contributed by atoms with van der Waals surface area (Å²) in [4.78, 5) is 14.4. The molecule has 6 heteroatoms. The van der Waals surface area contributed by atoms with Crippen LogP contribution >= 0.6 is 0 Å². The average molecular weight is 372 g/mol. The van der Waals surface area contributed by atoms with Crippen LogP contribution in [0, 0.1) is 6.92 Å². The fourth-order valence-corrected chi connectivity index (χ4v) is 4.14. The first-order valence-corrected chi connectivity index (χ1v) is 10.4. The van der Waals surface area contributed by atoms with Crippen LogP contribution in [0.15, 0.2) is 53.4 Å². The zero-order valence-electron chi connectivity index (χ0n) is 14.9. The number of hydrazine groups is 1. The fraction of sp³-hybridized carbons (Fsp3) is 0.350. The Kier molecular flexibility index (Phi) is 5.74. The number of sulfonamides is 1. The minimum Gasteiger partial charge on any atom is -0.273 e. The Hall–Kier alpha value is -2.18. The summed E-state index contributed by atoms with van der Waals surface area (Å²) in [5.74, 6) is 0.0297. The molecule has 0 unspecified atom stereocenters. The maximum absolute atomic E-state index is 12.4. The van der Waals surface area contributed by atoms with Crippen molar-refractivity contribution >= 4 is 15.9 Å². The van der Waals surface area contributed by atoms with Gasteiger partial charge in [-0.15, -0.1) is 4.83 Å². The van der Waals surface area contributed by atoms with E-state index in [-0.39, 0.29) is 4.90 Å². The SMILES string of the molecule is Cc1ccc(C(=O)NNS(=O)(=O)c2ccc(C3CCCCC3)cc2)cc1. The molecule has 138 valence electrons. The van der Waals surface area contributed by atoms with Crippen LogP contribution < -0.4 is 10.3 Å². The molecular weight excluding hydrogens is 348 g/mol. The van der Waals surface area contributed by atoms with E-state index in [1.54, 1.807) is 36.4 Å². The van der Waals surface area contributed by atoms with Crippen molar-refractivity contribution in [2.75, 3.05) is 0 Å². The van der Waals surface area contributed by atoms with E-state index >= 15 is 0 Å². The van der Waals surface area contributed by atoms with Crippen molar-refractivity contribution in [1.29, 1.82) is 0 Å². The minimum absolute atomic E-state index is 0.140. The van der Waals surface area contributed by atoms with Gasteiger partial charge >= 0.3 is 0 Å². The van der Waals surface area contributed by atoms with E-state index in [9.17, 15) is 13.2 Å². The molecule has 1 aliphatic carbocycles. The summed E-state index contributed by atoms with van der Waals surface area (Å²) in [5.41, 5.74) is 4.87. The summed E-state index contributed by atoms with van der Waals surface area (Å²) >= 11 is 0. The van der Waals surface area contributed by atoms with Crippen LogP contribution in [0.5, 0.6) is 0 Å². The van der Waals surface area contributed by atoms with Gasteiger partial charge in [0.05, 0.1) is 4.90 Å². The third-order valence-corrected chi connectivity index (χ3v) is 6.14. The second kappa shape index (κ2) is 8.01. The average Bonchev–Trinajstić information content (AvgIpc) is 2.67. The van der Waals surface area contributed by atoms with E-state index in [0.29, 0.717) is 11.5 Å². The van der Waals surface area contributed by atoms with Gasteiger partial charge in [-0.05, 0) is 55.5 Å². The van der Waals surface area contributed by atoms with Crippen LogP contribution in [0.4, 0.5) is 0 Å². The van der Waals surface area contributed by atoms with E-state index in [2.05, 4.69) is 10.3 Å². The number of benzene rings is 2. The maximum atomic E-state index is 12.4. The zero-order chi connectivity index (χ0) is 18.6. The van der Waals surface area contributed by atoms with Gasteiger partial charge in [0.1, 0.15) is 0 Å². The molecule has 2 N–H and O–H groups in total. The highest BCUT2D eigenvalue weighted by Gasteiger charge is 2.18. The summed E-state index contributed by atoms with van der Waals surface area (Å²) in [6, 6.07) is 13.9. The highest BCUT2D eigenvalue weighted by atomic mass is 32.2. The Morgan fingerprint density at radius 3 is 2.15 bits per heavy atom. The molecule has 1 amide bonds. The molecule has 1 fully saturated rings. The van der Waals surface area contributed by atoms with E-state index < -0.39 is 15.9 Å². The van der Waals surface area contributed by atoms with E-state index in [0.717, 1.165) is 18.4 Å². The molecule has 0 atom stereocenters. The lowest BCUT2D eigenvalue weighted by Crippen LogP contribution is -2.41. The van der Waals surface area contributed by atoms with E-state index in [1.807, 2.05) is 19.1 Å². The van der Waals surface area contributed by atoms with Gasteiger partial charge in [0, 0.05) is 5.56 Å². The Balaban J connectivity index is 1.64. The molecule has 0 bridgehead atoms. The molecule has 0 saturated heterocycles. The van der Waals surface area contributed by atoms with Gasteiger partial charge in [-0.3, -0.25) is 10.2 Å². The monoisotopic (exact) mass is 372 g/mol. The standard InChI is InChI=1S/C20H24N2O3S/c1-15-7-9-18(10-8-15)20(23)21-22-26(24,25)19-13-11-17(12-14-19)16-5-3-2-4-6-16/h7-14,16,22H,2-6H2,1H3,(H,21,23). The first-order valence-electron chi connectivity index (χ1n) is 8.94. The Labute approximate surface area is 154 Å². The first-order chi connectivity index (χ1) is 12.5. The van der Waals surface area contributed by atoms with Crippen molar-refractivity contribution in [2.24, 2.45) is 0 Å². The molecular formula is C20H24N2O3S. The molecule has 0 radical (unpaired) electrons. The lowest BCUT2D eigenvalue weighted by molar-refractivity contribution is 0.0945. The van der Waals surface area contributed by atoms with Gasteiger partial charge < -0.3 is 0 Å². The normalized spacial score (nSPS) is 15.6. The molecule has 0 aliphatic heterocycles. The van der Waals surface area contributed by atoms with Gasteiger partial charge in [-0.1, -0.05) is 49.1 Å². The van der Waals surface area contributed by atoms with Crippen molar-refractivity contribution in [1.82, 2.24) is 10.3 Å².